The molecule has 0 saturated heterocycles. The van der Waals surface area contributed by atoms with Gasteiger partial charge in [0.15, 0.2) is 17.3 Å². The largest absolute Gasteiger partial charge is 0.494 e. The third-order valence-electron chi connectivity index (χ3n) is 7.23. The Balaban J connectivity index is 1.58. The molecule has 0 atom stereocenters. The molecule has 0 amide bonds. The van der Waals surface area contributed by atoms with Gasteiger partial charge in [0.2, 0.25) is 0 Å². The van der Waals surface area contributed by atoms with E-state index in [1.807, 2.05) is 62.4 Å². The van der Waals surface area contributed by atoms with Crippen LogP contribution in [0.4, 0.5) is 0 Å². The minimum atomic E-state index is -0.288. The monoisotopic (exact) mass is 751 g/mol. The summed E-state index contributed by atoms with van der Waals surface area (Å²) < 4.78 is 20.8. The lowest BCUT2D eigenvalue weighted by Crippen LogP contribution is -2.21. The summed E-state index contributed by atoms with van der Waals surface area (Å²) >= 11 is 13.7. The Morgan fingerprint density at radius 1 is 1.02 bits per heavy atom. The first-order valence-electron chi connectivity index (χ1n) is 14.4. The third-order valence-corrected chi connectivity index (χ3v) is 8.75. The molecule has 0 saturated carbocycles. The summed E-state index contributed by atoms with van der Waals surface area (Å²) in [4.78, 5) is 18.8. The van der Waals surface area contributed by atoms with Crippen molar-refractivity contribution >= 4 is 60.6 Å². The highest BCUT2D eigenvalue weighted by Gasteiger charge is 2.19. The van der Waals surface area contributed by atoms with Crippen molar-refractivity contribution in [3.63, 3.8) is 0 Å². The van der Waals surface area contributed by atoms with Gasteiger partial charge in [0.1, 0.15) is 12.4 Å². The van der Waals surface area contributed by atoms with Crippen molar-refractivity contribution in [1.82, 2.24) is 9.66 Å². The number of para-hydroxylation sites is 1. The fourth-order valence-corrected chi connectivity index (χ4v) is 6.38. The Hall–Kier alpha value is -3.66. The Morgan fingerprint density at radius 2 is 1.80 bits per heavy atom. The Kier molecular flexibility index (Phi) is 10.3. The molecular weight excluding hydrogens is 722 g/mol. The van der Waals surface area contributed by atoms with Crippen LogP contribution in [0.2, 0.25) is 5.02 Å². The first kappa shape index (κ1) is 32.7. The average molecular weight is 754 g/mol. The van der Waals surface area contributed by atoms with E-state index in [0.717, 1.165) is 36.9 Å². The quantitative estimate of drug-likeness (QED) is 0.133. The molecule has 0 spiro atoms. The van der Waals surface area contributed by atoms with Crippen LogP contribution < -0.4 is 19.8 Å². The molecule has 4 aromatic carbocycles. The predicted octanol–water partition coefficient (Wildman–Crippen LogP) is 9.54. The highest BCUT2D eigenvalue weighted by Crippen LogP contribution is 2.38. The molecule has 7 nitrogen and oxygen atoms in total. The lowest BCUT2D eigenvalue weighted by molar-refractivity contribution is 0.284. The minimum Gasteiger partial charge on any atom is -0.494 e. The first-order valence-corrected chi connectivity index (χ1v) is 16.4. The van der Waals surface area contributed by atoms with Crippen LogP contribution in [0.1, 0.15) is 48.9 Å². The molecule has 5 rings (SSSR count). The number of benzene rings is 4. The van der Waals surface area contributed by atoms with Gasteiger partial charge in [0.25, 0.3) is 5.56 Å². The molecule has 0 fully saturated rings. The summed E-state index contributed by atoms with van der Waals surface area (Å²) in [7, 11) is 1.55. The lowest BCUT2D eigenvalue weighted by atomic mass is 9.96. The maximum atomic E-state index is 13.9. The number of hydrogen-bond donors (Lipinski definition) is 0. The molecule has 0 aliphatic carbocycles. The molecular formula is C35H32Br2ClN3O4. The first-order chi connectivity index (χ1) is 21.6. The molecule has 1 aromatic heterocycles. The van der Waals surface area contributed by atoms with Crippen LogP contribution in [0.3, 0.4) is 0 Å². The van der Waals surface area contributed by atoms with Crippen LogP contribution in [-0.2, 0) is 6.61 Å². The SMILES string of the molecule is CCOc1cc(C)c(-c2nc3ccccc3c(=O)n2N=Cc2cc(Cl)c(OCc3ccc(Br)cc3Br)c(OC)c2)cc1C(C)C. The standard InChI is InChI=1S/C35H32Br2ClN3O4/c1-6-44-31-13-21(4)27(17-26(31)20(2)3)34-40-30-10-8-7-9-25(30)35(42)41(34)39-18-22-14-29(38)33(32(15-22)43-5)45-19-23-11-12-24(36)16-28(23)37/h7-18,20H,6,19H2,1-5H3. The maximum Gasteiger partial charge on any atom is 0.282 e. The molecule has 5 aromatic rings. The van der Waals surface area contributed by atoms with Gasteiger partial charge in [-0.15, -0.1) is 0 Å². The van der Waals surface area contributed by atoms with Gasteiger partial charge in [-0.1, -0.05) is 75.5 Å². The van der Waals surface area contributed by atoms with E-state index < -0.39 is 0 Å². The molecule has 0 radical (unpaired) electrons. The van der Waals surface area contributed by atoms with Gasteiger partial charge in [-0.3, -0.25) is 4.79 Å². The van der Waals surface area contributed by atoms with Crippen molar-refractivity contribution in [1.29, 1.82) is 0 Å². The van der Waals surface area contributed by atoms with Gasteiger partial charge < -0.3 is 14.2 Å². The highest BCUT2D eigenvalue weighted by molar-refractivity contribution is 9.11. The second kappa shape index (κ2) is 14.2. The smallest absolute Gasteiger partial charge is 0.282 e. The van der Waals surface area contributed by atoms with Crippen molar-refractivity contribution in [2.45, 2.75) is 40.2 Å². The number of methoxy groups -OCH3 is 1. The second-order valence-corrected chi connectivity index (χ2v) is 12.8. The van der Waals surface area contributed by atoms with Gasteiger partial charge in [-0.05, 0) is 85.0 Å². The van der Waals surface area contributed by atoms with Crippen LogP contribution in [0.15, 0.2) is 85.6 Å². The molecule has 0 bridgehead atoms. The molecule has 0 N–H and O–H groups in total. The van der Waals surface area contributed by atoms with E-state index in [-0.39, 0.29) is 18.1 Å². The third kappa shape index (κ3) is 7.11. The fraction of sp³-hybridized carbons (Fsp3) is 0.229. The number of aromatic nitrogens is 2. The molecule has 0 aliphatic rings. The van der Waals surface area contributed by atoms with Crippen molar-refractivity contribution in [2.24, 2.45) is 5.10 Å². The number of rotatable bonds is 10. The zero-order chi connectivity index (χ0) is 32.2. The van der Waals surface area contributed by atoms with E-state index in [9.17, 15) is 4.79 Å². The number of aryl methyl sites for hydroxylation is 1. The topological polar surface area (TPSA) is 74.9 Å². The van der Waals surface area contributed by atoms with Crippen LogP contribution in [0, 0.1) is 6.92 Å². The summed E-state index contributed by atoms with van der Waals surface area (Å²) in [5.41, 5.74) is 4.60. The van der Waals surface area contributed by atoms with Crippen molar-refractivity contribution in [3.8, 4) is 28.6 Å². The molecule has 232 valence electrons. The van der Waals surface area contributed by atoms with Gasteiger partial charge in [-0.25, -0.2) is 4.98 Å². The zero-order valence-corrected chi connectivity index (χ0v) is 29.5. The summed E-state index contributed by atoms with van der Waals surface area (Å²) in [6.07, 6.45) is 1.57. The Morgan fingerprint density at radius 3 is 2.51 bits per heavy atom. The van der Waals surface area contributed by atoms with E-state index in [1.165, 1.54) is 4.68 Å². The number of ether oxygens (including phenoxy) is 3. The van der Waals surface area contributed by atoms with Crippen LogP contribution >= 0.6 is 43.5 Å². The van der Waals surface area contributed by atoms with Gasteiger partial charge in [0, 0.05) is 20.1 Å². The fourth-order valence-electron chi connectivity index (χ4n) is 4.94. The predicted molar refractivity (Wildman–Crippen MR) is 189 cm³/mol. The van der Waals surface area contributed by atoms with Crippen LogP contribution in [0.25, 0.3) is 22.3 Å². The minimum absolute atomic E-state index is 0.190. The Bertz CT molecular complexity index is 1970. The lowest BCUT2D eigenvalue weighted by Gasteiger charge is -2.18. The summed E-state index contributed by atoms with van der Waals surface area (Å²) in [5, 5.41) is 5.46. The Labute approximate surface area is 284 Å². The normalized spacial score (nSPS) is 11.5. The van der Waals surface area contributed by atoms with E-state index in [4.69, 9.17) is 30.8 Å². The number of halogens is 3. The molecule has 10 heteroatoms. The molecule has 0 unspecified atom stereocenters. The van der Waals surface area contributed by atoms with E-state index in [1.54, 1.807) is 31.5 Å². The van der Waals surface area contributed by atoms with Gasteiger partial charge >= 0.3 is 0 Å². The van der Waals surface area contributed by atoms with E-state index in [0.29, 0.717) is 45.4 Å². The van der Waals surface area contributed by atoms with Crippen molar-refractivity contribution in [3.05, 3.63) is 113 Å². The molecule has 1 heterocycles. The van der Waals surface area contributed by atoms with Crippen LogP contribution in [0.5, 0.6) is 17.2 Å². The van der Waals surface area contributed by atoms with Crippen LogP contribution in [-0.4, -0.2) is 29.6 Å². The number of fused-ring (bicyclic) bond motifs is 1. The van der Waals surface area contributed by atoms with Gasteiger partial charge in [-0.2, -0.15) is 9.78 Å². The summed E-state index contributed by atoms with van der Waals surface area (Å²) in [6, 6.07) is 20.6. The van der Waals surface area contributed by atoms with Crippen molar-refractivity contribution < 1.29 is 14.2 Å². The summed E-state index contributed by atoms with van der Waals surface area (Å²) in [5.74, 6) is 2.28. The van der Waals surface area contributed by atoms with E-state index >= 15 is 0 Å². The van der Waals surface area contributed by atoms with Crippen molar-refractivity contribution in [2.75, 3.05) is 13.7 Å². The van der Waals surface area contributed by atoms with Gasteiger partial charge in [0.05, 0.1) is 35.9 Å². The zero-order valence-electron chi connectivity index (χ0n) is 25.5. The maximum absolute atomic E-state index is 13.9. The number of nitrogens with zero attached hydrogens (tertiary/aromatic N) is 3. The average Bonchev–Trinajstić information content (AvgIpc) is 3.00. The second-order valence-electron chi connectivity index (χ2n) is 10.7. The number of hydrogen-bond acceptors (Lipinski definition) is 6. The molecule has 0 aliphatic heterocycles. The summed E-state index contributed by atoms with van der Waals surface area (Å²) in [6.45, 7) is 8.99. The molecule has 45 heavy (non-hydrogen) atoms. The van der Waals surface area contributed by atoms with E-state index in [2.05, 4.69) is 50.8 Å². The highest BCUT2D eigenvalue weighted by atomic mass is 79.9.